The average Bonchev–Trinajstić information content (AvgIpc) is 2.61. The average molecular weight is 292 g/mol. The maximum atomic E-state index is 9.78. The molecule has 2 atom stereocenters. The standard InChI is InChI=1S/C11H18BrNOS/c1-2-3-9(13)10(14)6-4-8-5-7-11(12)15-8/h5,7,9-10,14H,2-4,6,13H2,1H3. The third-order valence-electron chi connectivity index (χ3n) is 2.43. The van der Waals surface area contributed by atoms with Crippen LogP contribution in [0.2, 0.25) is 0 Å². The summed E-state index contributed by atoms with van der Waals surface area (Å²) in [5, 5.41) is 9.78. The minimum absolute atomic E-state index is 0.0709. The number of thiophene rings is 1. The Morgan fingerprint density at radius 3 is 2.73 bits per heavy atom. The number of aliphatic hydroxyl groups is 1. The molecule has 2 unspecified atom stereocenters. The number of aliphatic hydroxyl groups excluding tert-OH is 1. The molecule has 0 amide bonds. The Kier molecular flexibility index (Phi) is 5.82. The number of nitrogens with two attached hydrogens (primary N) is 1. The van der Waals surface area contributed by atoms with Gasteiger partial charge in [0.05, 0.1) is 9.89 Å². The van der Waals surface area contributed by atoms with Crippen LogP contribution in [-0.2, 0) is 6.42 Å². The smallest absolute Gasteiger partial charge is 0.0701 e. The van der Waals surface area contributed by atoms with Crippen LogP contribution in [0.3, 0.4) is 0 Å². The van der Waals surface area contributed by atoms with Crippen molar-refractivity contribution in [3.8, 4) is 0 Å². The maximum absolute atomic E-state index is 9.78. The molecule has 0 aliphatic rings. The van der Waals surface area contributed by atoms with Crippen LogP contribution in [0.4, 0.5) is 0 Å². The van der Waals surface area contributed by atoms with Crippen LogP contribution >= 0.6 is 27.3 Å². The third kappa shape index (κ3) is 4.64. The van der Waals surface area contributed by atoms with Gasteiger partial charge in [-0.25, -0.2) is 0 Å². The van der Waals surface area contributed by atoms with E-state index in [4.69, 9.17) is 5.73 Å². The summed E-state index contributed by atoms with van der Waals surface area (Å²) in [6, 6.07) is 4.06. The highest BCUT2D eigenvalue weighted by molar-refractivity contribution is 9.11. The zero-order valence-electron chi connectivity index (χ0n) is 8.95. The highest BCUT2D eigenvalue weighted by atomic mass is 79.9. The molecule has 4 heteroatoms. The van der Waals surface area contributed by atoms with Crippen LogP contribution in [0.15, 0.2) is 15.9 Å². The van der Waals surface area contributed by atoms with E-state index in [9.17, 15) is 5.11 Å². The lowest BCUT2D eigenvalue weighted by molar-refractivity contribution is 0.131. The van der Waals surface area contributed by atoms with Crippen LogP contribution < -0.4 is 5.73 Å². The molecule has 0 radical (unpaired) electrons. The normalized spacial score (nSPS) is 15.2. The highest BCUT2D eigenvalue weighted by Crippen LogP contribution is 2.23. The van der Waals surface area contributed by atoms with E-state index >= 15 is 0 Å². The van der Waals surface area contributed by atoms with Gasteiger partial charge in [0, 0.05) is 10.9 Å². The molecule has 15 heavy (non-hydrogen) atoms. The summed E-state index contributed by atoms with van der Waals surface area (Å²) in [5.74, 6) is 0. The fourth-order valence-corrected chi connectivity index (χ4v) is 3.01. The Hall–Kier alpha value is 0.1000. The molecule has 0 saturated heterocycles. The molecule has 0 aliphatic heterocycles. The summed E-state index contributed by atoms with van der Waals surface area (Å²) >= 11 is 5.14. The molecule has 1 rings (SSSR count). The fourth-order valence-electron chi connectivity index (χ4n) is 1.52. The van der Waals surface area contributed by atoms with E-state index in [1.165, 1.54) is 4.88 Å². The van der Waals surface area contributed by atoms with Gasteiger partial charge in [-0.15, -0.1) is 11.3 Å². The van der Waals surface area contributed by atoms with Crippen LogP contribution in [0.1, 0.15) is 31.1 Å². The zero-order valence-corrected chi connectivity index (χ0v) is 11.4. The molecule has 0 saturated carbocycles. The van der Waals surface area contributed by atoms with Crippen LogP contribution in [0, 0.1) is 0 Å². The van der Waals surface area contributed by atoms with E-state index < -0.39 is 0 Å². The van der Waals surface area contributed by atoms with Crippen molar-refractivity contribution in [2.75, 3.05) is 0 Å². The molecular weight excluding hydrogens is 274 g/mol. The van der Waals surface area contributed by atoms with Gasteiger partial charge in [-0.1, -0.05) is 13.3 Å². The minimum atomic E-state index is -0.370. The fraction of sp³-hybridized carbons (Fsp3) is 0.636. The Morgan fingerprint density at radius 1 is 1.47 bits per heavy atom. The quantitative estimate of drug-likeness (QED) is 0.847. The second-order valence-electron chi connectivity index (χ2n) is 3.76. The minimum Gasteiger partial charge on any atom is -0.392 e. The lowest BCUT2D eigenvalue weighted by atomic mass is 10.0. The van der Waals surface area contributed by atoms with Gasteiger partial charge in [0.15, 0.2) is 0 Å². The Labute approximate surface area is 104 Å². The van der Waals surface area contributed by atoms with E-state index in [0.29, 0.717) is 0 Å². The molecule has 3 N–H and O–H groups in total. The van der Waals surface area contributed by atoms with Crippen molar-refractivity contribution in [3.05, 3.63) is 20.8 Å². The first-order valence-electron chi connectivity index (χ1n) is 5.31. The van der Waals surface area contributed by atoms with Crippen molar-refractivity contribution in [2.45, 2.75) is 44.8 Å². The van der Waals surface area contributed by atoms with Crippen molar-refractivity contribution >= 4 is 27.3 Å². The molecule has 2 nitrogen and oxygen atoms in total. The predicted molar refractivity (Wildman–Crippen MR) is 69.2 cm³/mol. The highest BCUT2D eigenvalue weighted by Gasteiger charge is 2.13. The second-order valence-corrected chi connectivity index (χ2v) is 6.31. The molecule has 1 aromatic heterocycles. The van der Waals surface area contributed by atoms with Crippen LogP contribution in [-0.4, -0.2) is 17.3 Å². The van der Waals surface area contributed by atoms with Gasteiger partial charge in [-0.3, -0.25) is 0 Å². The van der Waals surface area contributed by atoms with Crippen molar-refractivity contribution in [1.82, 2.24) is 0 Å². The first kappa shape index (κ1) is 13.2. The first-order valence-corrected chi connectivity index (χ1v) is 6.92. The molecule has 1 heterocycles. The van der Waals surface area contributed by atoms with E-state index in [1.807, 2.05) is 6.07 Å². The summed E-state index contributed by atoms with van der Waals surface area (Å²) in [4.78, 5) is 1.30. The number of hydrogen-bond acceptors (Lipinski definition) is 3. The van der Waals surface area contributed by atoms with E-state index in [0.717, 1.165) is 29.5 Å². The van der Waals surface area contributed by atoms with E-state index in [2.05, 4.69) is 28.9 Å². The SMILES string of the molecule is CCCC(N)C(O)CCc1ccc(Br)s1. The van der Waals surface area contributed by atoms with E-state index in [-0.39, 0.29) is 12.1 Å². The van der Waals surface area contributed by atoms with Gasteiger partial charge in [-0.2, -0.15) is 0 Å². The van der Waals surface area contributed by atoms with Gasteiger partial charge < -0.3 is 10.8 Å². The third-order valence-corrected chi connectivity index (χ3v) is 4.12. The summed E-state index contributed by atoms with van der Waals surface area (Å²) in [7, 11) is 0. The molecule has 0 aliphatic carbocycles. The first-order chi connectivity index (χ1) is 7.13. The van der Waals surface area contributed by atoms with E-state index in [1.54, 1.807) is 11.3 Å². The molecule has 1 aromatic rings. The van der Waals surface area contributed by atoms with Gasteiger partial charge in [-0.05, 0) is 47.3 Å². The van der Waals surface area contributed by atoms with Crippen molar-refractivity contribution < 1.29 is 5.11 Å². The zero-order chi connectivity index (χ0) is 11.3. The second kappa shape index (κ2) is 6.63. The molecule has 0 spiro atoms. The van der Waals surface area contributed by atoms with Gasteiger partial charge >= 0.3 is 0 Å². The molecule has 0 aromatic carbocycles. The summed E-state index contributed by atoms with van der Waals surface area (Å²) in [6.07, 6.45) is 3.23. The molecule has 0 fully saturated rings. The number of halogens is 1. The predicted octanol–water partition coefficient (Wildman–Crippen LogP) is 2.93. The van der Waals surface area contributed by atoms with Gasteiger partial charge in [0.25, 0.3) is 0 Å². The summed E-state index contributed by atoms with van der Waals surface area (Å²) in [6.45, 7) is 2.09. The Morgan fingerprint density at radius 2 is 2.20 bits per heavy atom. The number of aryl methyl sites for hydroxylation is 1. The van der Waals surface area contributed by atoms with Crippen LogP contribution in [0.25, 0.3) is 0 Å². The molecule has 86 valence electrons. The lowest BCUT2D eigenvalue weighted by Crippen LogP contribution is -2.34. The topological polar surface area (TPSA) is 46.2 Å². The molecule has 0 bridgehead atoms. The van der Waals surface area contributed by atoms with Crippen molar-refractivity contribution in [2.24, 2.45) is 5.73 Å². The Balaban J connectivity index is 2.30. The van der Waals surface area contributed by atoms with Crippen LogP contribution in [0.5, 0.6) is 0 Å². The summed E-state index contributed by atoms with van der Waals surface area (Å²) < 4.78 is 1.14. The lowest BCUT2D eigenvalue weighted by Gasteiger charge is -2.17. The van der Waals surface area contributed by atoms with Gasteiger partial charge in [0.1, 0.15) is 0 Å². The molecular formula is C11H18BrNOS. The van der Waals surface area contributed by atoms with Crippen molar-refractivity contribution in [1.29, 1.82) is 0 Å². The number of rotatable bonds is 6. The summed E-state index contributed by atoms with van der Waals surface area (Å²) in [5.41, 5.74) is 5.84. The Bertz CT molecular complexity index is 290. The monoisotopic (exact) mass is 291 g/mol. The number of hydrogen-bond donors (Lipinski definition) is 2. The van der Waals surface area contributed by atoms with Gasteiger partial charge in [0.2, 0.25) is 0 Å². The maximum Gasteiger partial charge on any atom is 0.0701 e. The largest absolute Gasteiger partial charge is 0.392 e. The van der Waals surface area contributed by atoms with Crippen molar-refractivity contribution in [3.63, 3.8) is 0 Å².